The van der Waals surface area contributed by atoms with Crippen molar-refractivity contribution in [3.63, 3.8) is 0 Å². The summed E-state index contributed by atoms with van der Waals surface area (Å²) >= 11 is 0. The van der Waals surface area contributed by atoms with E-state index in [0.29, 0.717) is 16.6 Å². The summed E-state index contributed by atoms with van der Waals surface area (Å²) in [6.45, 7) is 1.97. The van der Waals surface area contributed by atoms with E-state index in [1.165, 1.54) is 14.2 Å². The van der Waals surface area contributed by atoms with Gasteiger partial charge in [0.15, 0.2) is 0 Å². The molecule has 120 valence electrons. The first-order chi connectivity index (χ1) is 11.0. The van der Waals surface area contributed by atoms with Crippen molar-refractivity contribution in [2.24, 2.45) is 0 Å². The molecule has 23 heavy (non-hydrogen) atoms. The van der Waals surface area contributed by atoms with Crippen molar-refractivity contribution in [2.45, 2.75) is 6.92 Å². The summed E-state index contributed by atoms with van der Waals surface area (Å²) in [6, 6.07) is 7.44. The van der Waals surface area contributed by atoms with Crippen molar-refractivity contribution in [2.75, 3.05) is 19.5 Å². The highest BCUT2D eigenvalue weighted by atomic mass is 31.2. The highest BCUT2D eigenvalue weighted by Crippen LogP contribution is 2.45. The van der Waals surface area contributed by atoms with Gasteiger partial charge < -0.3 is 19.3 Å². The number of hydrogen-bond acceptors (Lipinski definition) is 4. The van der Waals surface area contributed by atoms with Crippen LogP contribution in [0.3, 0.4) is 0 Å². The monoisotopic (exact) mass is 332 g/mol. The van der Waals surface area contributed by atoms with Gasteiger partial charge in [0.2, 0.25) is 0 Å². The second-order valence-corrected chi connectivity index (χ2v) is 7.48. The van der Waals surface area contributed by atoms with E-state index in [2.05, 4.69) is 10.3 Å². The first kappa shape index (κ1) is 15.7. The van der Waals surface area contributed by atoms with Crippen LogP contribution in [0.1, 0.15) is 16.8 Å². The zero-order valence-corrected chi connectivity index (χ0v) is 13.9. The number of hydrogen-bond donors (Lipinski definition) is 2. The van der Waals surface area contributed by atoms with Crippen LogP contribution in [-0.2, 0) is 18.4 Å². The number of aromatic nitrogens is 1. The topological polar surface area (TPSA) is 80.4 Å². The maximum absolute atomic E-state index is 12.3. The second kappa shape index (κ2) is 5.81. The Morgan fingerprint density at radius 1 is 1.17 bits per heavy atom. The molecule has 2 heterocycles. The fourth-order valence-corrected chi connectivity index (χ4v) is 3.62. The van der Waals surface area contributed by atoms with E-state index in [4.69, 9.17) is 9.05 Å². The lowest BCUT2D eigenvalue weighted by Crippen LogP contribution is -2.04. The van der Waals surface area contributed by atoms with E-state index >= 15 is 0 Å². The molecule has 3 rings (SSSR count). The lowest BCUT2D eigenvalue weighted by molar-refractivity contribution is -0.110. The van der Waals surface area contributed by atoms with Gasteiger partial charge in [-0.3, -0.25) is 9.36 Å². The third-order valence-electron chi connectivity index (χ3n) is 3.74. The van der Waals surface area contributed by atoms with Crippen LogP contribution < -0.4 is 10.6 Å². The van der Waals surface area contributed by atoms with Crippen molar-refractivity contribution in [1.82, 2.24) is 4.98 Å². The Hall–Kier alpha value is -2.14. The third kappa shape index (κ3) is 2.77. The highest BCUT2D eigenvalue weighted by molar-refractivity contribution is 7.62. The van der Waals surface area contributed by atoms with E-state index in [-0.39, 0.29) is 5.91 Å². The molecule has 1 aliphatic heterocycles. The first-order valence-corrected chi connectivity index (χ1v) is 8.55. The highest BCUT2D eigenvalue weighted by Gasteiger charge is 2.27. The van der Waals surface area contributed by atoms with Crippen molar-refractivity contribution >= 4 is 36.1 Å². The zero-order chi connectivity index (χ0) is 16.6. The Balaban J connectivity index is 2.01. The molecule has 2 N–H and O–H groups in total. The van der Waals surface area contributed by atoms with E-state index in [9.17, 15) is 9.36 Å². The molecule has 0 atom stereocenters. The second-order valence-electron chi connectivity index (χ2n) is 5.24. The molecule has 6 nitrogen and oxygen atoms in total. The van der Waals surface area contributed by atoms with Gasteiger partial charge in [-0.25, -0.2) is 0 Å². The molecule has 1 amide bonds. The summed E-state index contributed by atoms with van der Waals surface area (Å²) in [5.74, 6) is -0.164. The van der Waals surface area contributed by atoms with Gasteiger partial charge in [-0.1, -0.05) is 11.6 Å². The number of carbonyl (C=O) groups excluding carboxylic acids is 1. The number of aromatic amines is 1. The van der Waals surface area contributed by atoms with Crippen LogP contribution in [0.2, 0.25) is 0 Å². The Labute approximate surface area is 134 Å². The molecule has 7 heteroatoms. The van der Waals surface area contributed by atoms with Gasteiger partial charge in [-0.15, -0.1) is 0 Å². The molecule has 1 aromatic heterocycles. The van der Waals surface area contributed by atoms with E-state index < -0.39 is 7.60 Å². The molecular weight excluding hydrogens is 315 g/mol. The van der Waals surface area contributed by atoms with Gasteiger partial charge in [0.1, 0.15) is 0 Å². The number of benzene rings is 1. The summed E-state index contributed by atoms with van der Waals surface area (Å²) < 4.78 is 22.3. The lowest BCUT2D eigenvalue weighted by Gasteiger charge is -2.10. The largest absolute Gasteiger partial charge is 0.362 e. The van der Waals surface area contributed by atoms with Crippen LogP contribution in [0.5, 0.6) is 0 Å². The molecule has 1 aliphatic rings. The number of amides is 1. The minimum absolute atomic E-state index is 0.164. The fraction of sp³-hybridized carbons (Fsp3) is 0.188. The zero-order valence-electron chi connectivity index (χ0n) is 13.0. The number of carbonyl (C=O) groups is 1. The predicted molar refractivity (Wildman–Crippen MR) is 89.7 cm³/mol. The number of anilines is 1. The molecular formula is C16H17N2O4P. The molecule has 0 fully saturated rings. The average Bonchev–Trinajstić information content (AvgIpc) is 3.13. The van der Waals surface area contributed by atoms with Gasteiger partial charge in [0.25, 0.3) is 5.91 Å². The van der Waals surface area contributed by atoms with Crippen molar-refractivity contribution < 1.29 is 18.4 Å². The number of rotatable bonds is 4. The third-order valence-corrected chi connectivity index (χ3v) is 5.60. The van der Waals surface area contributed by atoms with E-state index in [0.717, 1.165) is 16.8 Å². The van der Waals surface area contributed by atoms with Crippen LogP contribution in [0.25, 0.3) is 11.6 Å². The minimum Gasteiger partial charge on any atom is -0.361 e. The minimum atomic E-state index is -3.31. The molecule has 0 saturated carbocycles. The van der Waals surface area contributed by atoms with Crippen molar-refractivity contribution in [1.29, 1.82) is 0 Å². The van der Waals surface area contributed by atoms with Crippen LogP contribution >= 0.6 is 7.60 Å². The quantitative estimate of drug-likeness (QED) is 0.666. The van der Waals surface area contributed by atoms with Gasteiger partial charge in [0.05, 0.1) is 10.9 Å². The summed E-state index contributed by atoms with van der Waals surface area (Å²) in [4.78, 5) is 15.1. The predicted octanol–water partition coefficient (Wildman–Crippen LogP) is 2.93. The first-order valence-electron chi connectivity index (χ1n) is 7.01. The summed E-state index contributed by atoms with van der Waals surface area (Å²) in [5.41, 5.74) is 3.92. The molecule has 0 bridgehead atoms. The molecule has 0 saturated heterocycles. The molecule has 0 spiro atoms. The summed E-state index contributed by atoms with van der Waals surface area (Å²) in [6.07, 6.45) is 3.28. The standard InChI is InChI=1S/C16H17N2O4P/c1-10-4-5-15-13(6-10)14(16(19)18-15)8-11-7-12(9-17-11)23(20,21-2)22-3/h4-9,17H,1-3H3,(H,18,19)/b14-8-. The van der Waals surface area contributed by atoms with Crippen molar-refractivity contribution in [3.8, 4) is 0 Å². The Kier molecular flexibility index (Phi) is 3.98. The normalized spacial score (nSPS) is 15.8. The summed E-state index contributed by atoms with van der Waals surface area (Å²) in [7, 11) is -0.643. The number of aryl methyl sites for hydroxylation is 1. The molecule has 0 radical (unpaired) electrons. The summed E-state index contributed by atoms with van der Waals surface area (Å²) in [5, 5.41) is 3.24. The van der Waals surface area contributed by atoms with Crippen LogP contribution in [0.15, 0.2) is 30.5 Å². The maximum Gasteiger partial charge on any atom is 0.362 e. The lowest BCUT2D eigenvalue weighted by atomic mass is 10.0. The Morgan fingerprint density at radius 2 is 1.91 bits per heavy atom. The van der Waals surface area contributed by atoms with E-state index in [1.54, 1.807) is 18.3 Å². The molecule has 1 aromatic carbocycles. The van der Waals surface area contributed by atoms with Crippen LogP contribution in [0.4, 0.5) is 5.69 Å². The van der Waals surface area contributed by atoms with Gasteiger partial charge in [-0.2, -0.15) is 0 Å². The van der Waals surface area contributed by atoms with Gasteiger partial charge in [-0.05, 0) is 31.2 Å². The Morgan fingerprint density at radius 3 is 2.61 bits per heavy atom. The maximum atomic E-state index is 12.3. The SMILES string of the molecule is COP(=O)(OC)c1c[nH]c(/C=C2\C(=O)Nc3ccc(C)cc32)c1. The number of fused-ring (bicyclic) bond motifs is 1. The van der Waals surface area contributed by atoms with Gasteiger partial charge in [0, 0.05) is 37.4 Å². The molecule has 0 aliphatic carbocycles. The Bertz CT molecular complexity index is 846. The van der Waals surface area contributed by atoms with Crippen LogP contribution in [0, 0.1) is 6.92 Å². The average molecular weight is 332 g/mol. The van der Waals surface area contributed by atoms with E-state index in [1.807, 2.05) is 25.1 Å². The van der Waals surface area contributed by atoms with Gasteiger partial charge >= 0.3 is 7.60 Å². The smallest absolute Gasteiger partial charge is 0.361 e. The number of H-pyrrole nitrogens is 1. The fourth-order valence-electron chi connectivity index (χ4n) is 2.53. The van der Waals surface area contributed by atoms with Crippen molar-refractivity contribution in [3.05, 3.63) is 47.3 Å². The molecule has 2 aromatic rings. The number of nitrogens with one attached hydrogen (secondary N) is 2. The molecule has 0 unspecified atom stereocenters. The van der Waals surface area contributed by atoms with Crippen LogP contribution in [-0.4, -0.2) is 25.1 Å².